The highest BCUT2D eigenvalue weighted by molar-refractivity contribution is 5.20. The Labute approximate surface area is 126 Å². The van der Waals surface area contributed by atoms with E-state index in [1.165, 1.54) is 5.56 Å². The molecule has 2 aliphatic rings. The van der Waals surface area contributed by atoms with Gasteiger partial charge in [-0.15, -0.1) is 0 Å². The summed E-state index contributed by atoms with van der Waals surface area (Å²) in [5.74, 6) is 1.51. The normalized spacial score (nSPS) is 33.8. The largest absolute Gasteiger partial charge is 0.352 e. The molecule has 0 unspecified atom stereocenters. The summed E-state index contributed by atoms with van der Waals surface area (Å²) in [4.78, 5) is 0. The molecule has 0 amide bonds. The van der Waals surface area contributed by atoms with Crippen LogP contribution in [0.4, 0.5) is 4.39 Å². The summed E-state index contributed by atoms with van der Waals surface area (Å²) in [6.45, 7) is 3.88. The number of ether oxygens (including phenoxy) is 2. The third kappa shape index (κ3) is 3.64. The van der Waals surface area contributed by atoms with Crippen molar-refractivity contribution in [2.45, 2.75) is 51.2 Å². The van der Waals surface area contributed by atoms with Crippen LogP contribution < -0.4 is 0 Å². The Morgan fingerprint density at radius 3 is 2.19 bits per heavy atom. The van der Waals surface area contributed by atoms with E-state index in [1.807, 2.05) is 12.1 Å². The SMILES string of the molecule is CCC1COC([C@H]2CC[C@H](c3ccc(F)cc3)CC2)OC1. The predicted octanol–water partition coefficient (Wildman–Crippen LogP) is 4.50. The van der Waals surface area contributed by atoms with Crippen molar-refractivity contribution in [1.82, 2.24) is 0 Å². The molecule has 2 fully saturated rings. The minimum atomic E-state index is -0.151. The van der Waals surface area contributed by atoms with Crippen LogP contribution in [0.25, 0.3) is 0 Å². The highest BCUT2D eigenvalue weighted by atomic mass is 19.1. The van der Waals surface area contributed by atoms with Crippen LogP contribution >= 0.6 is 0 Å². The van der Waals surface area contributed by atoms with E-state index in [-0.39, 0.29) is 12.1 Å². The fourth-order valence-corrected chi connectivity index (χ4v) is 3.53. The lowest BCUT2D eigenvalue weighted by Crippen LogP contribution is -2.38. The summed E-state index contributed by atoms with van der Waals surface area (Å²) < 4.78 is 24.8. The van der Waals surface area contributed by atoms with Crippen LogP contribution in [0.1, 0.15) is 50.5 Å². The molecule has 0 spiro atoms. The highest BCUT2D eigenvalue weighted by Crippen LogP contribution is 2.38. The molecule has 1 saturated heterocycles. The van der Waals surface area contributed by atoms with E-state index in [2.05, 4.69) is 6.92 Å². The molecule has 1 aliphatic carbocycles. The number of hydrogen-bond acceptors (Lipinski definition) is 2. The maximum absolute atomic E-state index is 13.0. The Kier molecular flexibility index (Phi) is 4.91. The molecule has 116 valence electrons. The first-order valence-electron chi connectivity index (χ1n) is 8.25. The molecule has 1 aliphatic heterocycles. The van der Waals surface area contributed by atoms with Crippen LogP contribution in [0.3, 0.4) is 0 Å². The van der Waals surface area contributed by atoms with Gasteiger partial charge in [-0.25, -0.2) is 4.39 Å². The van der Waals surface area contributed by atoms with Gasteiger partial charge in [0.2, 0.25) is 0 Å². The van der Waals surface area contributed by atoms with Crippen LogP contribution in [0.5, 0.6) is 0 Å². The van der Waals surface area contributed by atoms with E-state index in [0.29, 0.717) is 17.8 Å². The quantitative estimate of drug-likeness (QED) is 0.816. The Morgan fingerprint density at radius 2 is 1.62 bits per heavy atom. The van der Waals surface area contributed by atoms with Crippen LogP contribution in [0.15, 0.2) is 24.3 Å². The van der Waals surface area contributed by atoms with Crippen LogP contribution in [-0.2, 0) is 9.47 Å². The predicted molar refractivity (Wildman–Crippen MR) is 80.6 cm³/mol. The zero-order valence-corrected chi connectivity index (χ0v) is 12.8. The zero-order valence-electron chi connectivity index (χ0n) is 12.8. The summed E-state index contributed by atoms with van der Waals surface area (Å²) in [6.07, 6.45) is 5.71. The van der Waals surface area contributed by atoms with Gasteiger partial charge in [-0.3, -0.25) is 0 Å². The van der Waals surface area contributed by atoms with Crippen LogP contribution in [0.2, 0.25) is 0 Å². The van der Waals surface area contributed by atoms with Crippen molar-refractivity contribution in [3.05, 3.63) is 35.6 Å². The smallest absolute Gasteiger partial charge is 0.160 e. The van der Waals surface area contributed by atoms with Gasteiger partial charge in [-0.2, -0.15) is 0 Å². The first-order valence-corrected chi connectivity index (χ1v) is 8.25. The highest BCUT2D eigenvalue weighted by Gasteiger charge is 2.32. The van der Waals surface area contributed by atoms with Crippen molar-refractivity contribution in [3.8, 4) is 0 Å². The first-order chi connectivity index (χ1) is 10.3. The molecule has 21 heavy (non-hydrogen) atoms. The van der Waals surface area contributed by atoms with Gasteiger partial charge in [-0.1, -0.05) is 19.1 Å². The van der Waals surface area contributed by atoms with Crippen molar-refractivity contribution in [1.29, 1.82) is 0 Å². The topological polar surface area (TPSA) is 18.5 Å². The van der Waals surface area contributed by atoms with Crippen molar-refractivity contribution < 1.29 is 13.9 Å². The Hall–Kier alpha value is -0.930. The van der Waals surface area contributed by atoms with E-state index < -0.39 is 0 Å². The molecule has 1 aromatic carbocycles. The molecule has 1 saturated carbocycles. The van der Waals surface area contributed by atoms with E-state index in [0.717, 1.165) is 45.3 Å². The van der Waals surface area contributed by atoms with E-state index in [4.69, 9.17) is 9.47 Å². The minimum absolute atomic E-state index is 0.00182. The number of benzene rings is 1. The molecule has 0 aromatic heterocycles. The van der Waals surface area contributed by atoms with Gasteiger partial charge in [0.05, 0.1) is 13.2 Å². The van der Waals surface area contributed by atoms with E-state index in [1.54, 1.807) is 12.1 Å². The summed E-state index contributed by atoms with van der Waals surface area (Å²) in [5, 5.41) is 0. The monoisotopic (exact) mass is 292 g/mol. The molecule has 2 nitrogen and oxygen atoms in total. The molecular formula is C18H25FO2. The van der Waals surface area contributed by atoms with Crippen molar-refractivity contribution >= 4 is 0 Å². The summed E-state index contributed by atoms with van der Waals surface area (Å²) in [7, 11) is 0. The van der Waals surface area contributed by atoms with Crippen molar-refractivity contribution in [2.24, 2.45) is 11.8 Å². The fraction of sp³-hybridized carbons (Fsp3) is 0.667. The molecule has 0 N–H and O–H groups in total. The second kappa shape index (κ2) is 6.89. The summed E-state index contributed by atoms with van der Waals surface area (Å²) >= 11 is 0. The van der Waals surface area contributed by atoms with E-state index >= 15 is 0 Å². The average Bonchev–Trinajstić information content (AvgIpc) is 2.56. The second-order valence-corrected chi connectivity index (χ2v) is 6.47. The lowest BCUT2D eigenvalue weighted by molar-refractivity contribution is -0.228. The molecule has 3 heteroatoms. The molecule has 3 rings (SSSR count). The second-order valence-electron chi connectivity index (χ2n) is 6.47. The lowest BCUT2D eigenvalue weighted by Gasteiger charge is -2.37. The molecule has 0 radical (unpaired) electrons. The number of rotatable bonds is 3. The third-order valence-electron chi connectivity index (χ3n) is 5.07. The van der Waals surface area contributed by atoms with E-state index in [9.17, 15) is 4.39 Å². The number of hydrogen-bond donors (Lipinski definition) is 0. The summed E-state index contributed by atoms with van der Waals surface area (Å²) in [5.41, 5.74) is 1.27. The van der Waals surface area contributed by atoms with Crippen LogP contribution in [-0.4, -0.2) is 19.5 Å². The fourth-order valence-electron chi connectivity index (χ4n) is 3.53. The molecule has 0 atom stereocenters. The van der Waals surface area contributed by atoms with Crippen LogP contribution in [0, 0.1) is 17.7 Å². The molecule has 1 aromatic rings. The van der Waals surface area contributed by atoms with Gasteiger partial charge in [0.25, 0.3) is 0 Å². The van der Waals surface area contributed by atoms with Crippen molar-refractivity contribution in [2.75, 3.05) is 13.2 Å². The average molecular weight is 292 g/mol. The summed E-state index contributed by atoms with van der Waals surface area (Å²) in [6, 6.07) is 7.00. The lowest BCUT2D eigenvalue weighted by atomic mass is 9.78. The van der Waals surface area contributed by atoms with Gasteiger partial charge in [-0.05, 0) is 55.7 Å². The maximum atomic E-state index is 13.0. The Morgan fingerprint density at radius 1 is 1.00 bits per heavy atom. The Bertz CT molecular complexity index is 429. The van der Waals surface area contributed by atoms with Gasteiger partial charge >= 0.3 is 0 Å². The molecule has 1 heterocycles. The maximum Gasteiger partial charge on any atom is 0.160 e. The minimum Gasteiger partial charge on any atom is -0.352 e. The first kappa shape index (κ1) is 15.0. The molecular weight excluding hydrogens is 267 g/mol. The van der Waals surface area contributed by atoms with Gasteiger partial charge in [0, 0.05) is 11.8 Å². The Balaban J connectivity index is 1.50. The molecule has 0 bridgehead atoms. The van der Waals surface area contributed by atoms with Gasteiger partial charge in [0.1, 0.15) is 5.82 Å². The standard InChI is InChI=1S/C18H25FO2/c1-2-13-11-20-18(21-12-13)16-5-3-14(4-6-16)15-7-9-17(19)10-8-15/h7-10,13-14,16,18H,2-6,11-12H2,1H3/t13?,14-,16-,18?. The zero-order chi connectivity index (χ0) is 14.7. The third-order valence-corrected chi connectivity index (χ3v) is 5.07. The number of halogens is 1. The van der Waals surface area contributed by atoms with Gasteiger partial charge < -0.3 is 9.47 Å². The van der Waals surface area contributed by atoms with Crippen molar-refractivity contribution in [3.63, 3.8) is 0 Å². The van der Waals surface area contributed by atoms with Gasteiger partial charge in [0.15, 0.2) is 6.29 Å².